The molecule has 1 atom stereocenters. The number of hydrogen-bond acceptors (Lipinski definition) is 5. The van der Waals surface area contributed by atoms with Crippen LogP contribution in [0.5, 0.6) is 0 Å². The molecule has 41 heavy (non-hydrogen) atoms. The maximum Gasteiger partial charge on any atom is 0.262 e. The predicted octanol–water partition coefficient (Wildman–Crippen LogP) is 6.21. The van der Waals surface area contributed by atoms with Crippen molar-refractivity contribution >= 4 is 39.7 Å². The number of halogens is 1. The molecule has 2 fully saturated rings. The fourth-order valence-corrected chi connectivity index (χ4v) is 8.06. The number of rotatable bonds is 7. The molecule has 2 aromatic carbocycles. The molecule has 6 nitrogen and oxygen atoms in total. The second-order valence-corrected chi connectivity index (χ2v) is 13.2. The van der Waals surface area contributed by atoms with Crippen LogP contribution in [0.1, 0.15) is 61.1 Å². The minimum atomic E-state index is -1.07. The summed E-state index contributed by atoms with van der Waals surface area (Å²) in [5.74, 6) is 1.01. The number of amides is 1. The Morgan fingerprint density at radius 3 is 2.68 bits per heavy atom. The van der Waals surface area contributed by atoms with Crippen molar-refractivity contribution in [2.24, 2.45) is 5.92 Å². The standard InChI is InChI=1S/C33H33ClN3O3S/c34-29-24-8-4-7-22(24)11-12-25(29)31-30-27(18-41-31)32(39)37(20-35-30)19-33(40)13-15-36(16-14-33)28(38)17-26(23-9-10-23)21-5-2-1-3-6-21/h1-3,5-7,11-12,18,20,23,26,40H,4,8-10,13-17,19H2. The van der Waals surface area contributed by atoms with Gasteiger partial charge in [0.25, 0.3) is 5.56 Å². The van der Waals surface area contributed by atoms with Crippen LogP contribution < -0.4 is 5.56 Å². The number of likely N-dealkylation sites (tertiary alicyclic amines) is 1. The topological polar surface area (TPSA) is 75.4 Å². The second-order valence-electron chi connectivity index (χ2n) is 11.9. The molecule has 1 amide bonds. The molecule has 1 saturated carbocycles. The Hall–Kier alpha value is -3.00. The number of aromatic nitrogens is 2. The second kappa shape index (κ2) is 10.7. The van der Waals surface area contributed by atoms with Crippen LogP contribution in [0, 0.1) is 12.3 Å². The van der Waals surface area contributed by atoms with Gasteiger partial charge in [0.2, 0.25) is 5.91 Å². The highest BCUT2D eigenvalue weighted by atomic mass is 35.5. The Morgan fingerprint density at radius 1 is 1.15 bits per heavy atom. The zero-order valence-corrected chi connectivity index (χ0v) is 24.5. The van der Waals surface area contributed by atoms with Gasteiger partial charge in [-0.3, -0.25) is 14.2 Å². The molecule has 1 saturated heterocycles. The Labute approximate surface area is 248 Å². The Morgan fingerprint density at radius 2 is 1.93 bits per heavy atom. The van der Waals surface area contributed by atoms with Gasteiger partial charge in [-0.05, 0) is 73.5 Å². The van der Waals surface area contributed by atoms with Crippen molar-refractivity contribution in [3.63, 3.8) is 0 Å². The maximum absolute atomic E-state index is 13.5. The van der Waals surface area contributed by atoms with Crippen LogP contribution in [-0.4, -0.2) is 44.2 Å². The smallest absolute Gasteiger partial charge is 0.262 e. The van der Waals surface area contributed by atoms with E-state index in [1.807, 2.05) is 34.5 Å². The first kappa shape index (κ1) is 26.9. The molecule has 2 aliphatic carbocycles. The summed E-state index contributed by atoms with van der Waals surface area (Å²) in [6, 6.07) is 14.5. The summed E-state index contributed by atoms with van der Waals surface area (Å²) >= 11 is 8.27. The lowest BCUT2D eigenvalue weighted by atomic mass is 9.88. The van der Waals surface area contributed by atoms with E-state index in [1.165, 1.54) is 39.9 Å². The Kier molecular flexibility index (Phi) is 7.00. The Bertz CT molecular complexity index is 1670. The highest BCUT2D eigenvalue weighted by Gasteiger charge is 2.38. The normalized spacial score (nSPS) is 18.9. The molecule has 3 aliphatic rings. The third kappa shape index (κ3) is 5.13. The lowest BCUT2D eigenvalue weighted by molar-refractivity contribution is -0.136. The van der Waals surface area contributed by atoms with Gasteiger partial charge >= 0.3 is 0 Å². The molecular formula is C33H33ClN3O3S. The number of thiophene rings is 1. The minimum absolute atomic E-state index is 0.155. The number of benzene rings is 2. The highest BCUT2D eigenvalue weighted by Crippen LogP contribution is 2.45. The van der Waals surface area contributed by atoms with Crippen molar-refractivity contribution in [2.75, 3.05) is 13.1 Å². The first-order valence-electron chi connectivity index (χ1n) is 14.6. The van der Waals surface area contributed by atoms with E-state index in [4.69, 9.17) is 11.6 Å². The van der Waals surface area contributed by atoms with Gasteiger partial charge in [-0.15, -0.1) is 11.3 Å². The zero-order valence-electron chi connectivity index (χ0n) is 22.9. The quantitative estimate of drug-likeness (QED) is 0.279. The molecule has 8 heteroatoms. The number of fused-ring (bicyclic) bond motifs is 2. The van der Waals surface area contributed by atoms with Crippen molar-refractivity contribution < 1.29 is 9.90 Å². The maximum atomic E-state index is 13.5. The molecule has 1 aliphatic heterocycles. The van der Waals surface area contributed by atoms with E-state index in [-0.39, 0.29) is 23.9 Å². The van der Waals surface area contributed by atoms with E-state index in [1.54, 1.807) is 6.33 Å². The average molecular weight is 587 g/mol. The van der Waals surface area contributed by atoms with E-state index in [2.05, 4.69) is 29.6 Å². The average Bonchev–Trinajstić information content (AvgIpc) is 3.54. The summed E-state index contributed by atoms with van der Waals surface area (Å²) in [6.45, 7) is 1.14. The monoisotopic (exact) mass is 586 g/mol. The molecule has 1 radical (unpaired) electrons. The SMILES string of the molecule is O=C(CC(c1ccccc1)C1CC1)N1CCC(O)(Cn2cnc3c(-c4ccc5c(c4Cl)CC[CH]5)scc3c2=O)CC1. The van der Waals surface area contributed by atoms with Gasteiger partial charge in [-0.25, -0.2) is 4.98 Å². The van der Waals surface area contributed by atoms with Crippen molar-refractivity contribution in [3.05, 3.63) is 92.7 Å². The number of aliphatic hydroxyl groups is 1. The van der Waals surface area contributed by atoms with E-state index in [9.17, 15) is 14.7 Å². The van der Waals surface area contributed by atoms with Gasteiger partial charge < -0.3 is 10.0 Å². The van der Waals surface area contributed by atoms with Crippen molar-refractivity contribution in [1.29, 1.82) is 0 Å². The van der Waals surface area contributed by atoms with Gasteiger partial charge in [0.05, 0.1) is 39.3 Å². The summed E-state index contributed by atoms with van der Waals surface area (Å²) < 4.78 is 1.52. The molecule has 0 bridgehead atoms. The molecule has 211 valence electrons. The highest BCUT2D eigenvalue weighted by molar-refractivity contribution is 7.15. The van der Waals surface area contributed by atoms with Gasteiger partial charge in [0, 0.05) is 30.5 Å². The fraction of sp³-hybridized carbons (Fsp3) is 0.394. The van der Waals surface area contributed by atoms with Gasteiger partial charge in [0.1, 0.15) is 0 Å². The number of carbonyl (C=O) groups excluding carboxylic acids is 1. The summed E-state index contributed by atoms with van der Waals surface area (Å²) in [4.78, 5) is 34.2. The molecule has 7 rings (SSSR count). The van der Waals surface area contributed by atoms with Crippen LogP contribution in [0.25, 0.3) is 21.3 Å². The summed E-state index contributed by atoms with van der Waals surface area (Å²) in [6.07, 6.45) is 9.42. The minimum Gasteiger partial charge on any atom is -0.388 e. The van der Waals surface area contributed by atoms with Crippen molar-refractivity contribution in [1.82, 2.24) is 14.5 Å². The van der Waals surface area contributed by atoms with Gasteiger partial charge in [-0.1, -0.05) is 54.1 Å². The van der Waals surface area contributed by atoms with Crippen LogP contribution in [0.4, 0.5) is 0 Å². The van der Waals surface area contributed by atoms with Crippen LogP contribution in [0.2, 0.25) is 5.02 Å². The third-order valence-electron chi connectivity index (χ3n) is 9.19. The first-order chi connectivity index (χ1) is 19.9. The third-order valence-corrected chi connectivity index (χ3v) is 10.6. The number of carbonyl (C=O) groups is 1. The first-order valence-corrected chi connectivity index (χ1v) is 15.8. The van der Waals surface area contributed by atoms with Crippen molar-refractivity contribution in [2.45, 2.75) is 63.0 Å². The summed E-state index contributed by atoms with van der Waals surface area (Å²) in [7, 11) is 0. The fourth-order valence-electron chi connectivity index (χ4n) is 6.62. The molecule has 1 N–H and O–H groups in total. The van der Waals surface area contributed by atoms with Crippen LogP contribution in [-0.2, 0) is 17.8 Å². The lowest BCUT2D eigenvalue weighted by Gasteiger charge is -2.39. The molecule has 0 spiro atoms. The number of hydrogen-bond donors (Lipinski definition) is 1. The van der Waals surface area contributed by atoms with Crippen LogP contribution in [0.15, 0.2) is 59.0 Å². The summed E-state index contributed by atoms with van der Waals surface area (Å²) in [5, 5.41) is 14.6. The predicted molar refractivity (Wildman–Crippen MR) is 163 cm³/mol. The molecule has 2 aromatic heterocycles. The van der Waals surface area contributed by atoms with Crippen LogP contribution in [0.3, 0.4) is 0 Å². The van der Waals surface area contributed by atoms with Crippen LogP contribution >= 0.6 is 22.9 Å². The van der Waals surface area contributed by atoms with Gasteiger partial charge in [-0.2, -0.15) is 0 Å². The molecule has 4 aromatic rings. The van der Waals surface area contributed by atoms with E-state index in [0.717, 1.165) is 33.9 Å². The number of piperidine rings is 1. The molecular weight excluding hydrogens is 554 g/mol. The largest absolute Gasteiger partial charge is 0.388 e. The van der Waals surface area contributed by atoms with Gasteiger partial charge in [0.15, 0.2) is 0 Å². The van der Waals surface area contributed by atoms with E-state index >= 15 is 0 Å². The number of nitrogens with zero attached hydrogens (tertiary/aromatic N) is 3. The van der Waals surface area contributed by atoms with E-state index < -0.39 is 5.60 Å². The summed E-state index contributed by atoms with van der Waals surface area (Å²) in [5.41, 5.74) is 3.93. The molecule has 1 unspecified atom stereocenters. The molecule has 3 heterocycles. The Balaban J connectivity index is 1.04. The van der Waals surface area contributed by atoms with E-state index in [0.29, 0.717) is 49.2 Å². The zero-order chi connectivity index (χ0) is 28.1. The lowest BCUT2D eigenvalue weighted by Crippen LogP contribution is -2.49. The van der Waals surface area contributed by atoms with Crippen molar-refractivity contribution in [3.8, 4) is 10.4 Å².